The minimum atomic E-state index is -0.426. The molecule has 3 rings (SSSR count). The Hall–Kier alpha value is -2.20. The van der Waals surface area contributed by atoms with E-state index in [4.69, 9.17) is 5.11 Å². The van der Waals surface area contributed by atoms with Gasteiger partial charge in [0, 0.05) is 12.1 Å². The largest absolute Gasteiger partial charge is 0.392 e. The van der Waals surface area contributed by atoms with Gasteiger partial charge in [0.1, 0.15) is 5.82 Å². The molecule has 1 saturated carbocycles. The first-order valence-electron chi connectivity index (χ1n) is 7.83. The number of benzene rings is 2. The molecule has 0 saturated heterocycles. The van der Waals surface area contributed by atoms with Crippen molar-refractivity contribution in [1.29, 1.82) is 0 Å². The van der Waals surface area contributed by atoms with Crippen LogP contribution in [0.25, 0.3) is 0 Å². The lowest BCUT2D eigenvalue weighted by Gasteiger charge is -2.16. The fraction of sp³-hybridized carbons (Fsp3) is 0.316. The van der Waals surface area contributed by atoms with E-state index in [0.717, 1.165) is 24.8 Å². The van der Waals surface area contributed by atoms with Crippen molar-refractivity contribution in [3.8, 4) is 0 Å². The summed E-state index contributed by atoms with van der Waals surface area (Å²) in [5.74, 6) is -0.374. The Labute approximate surface area is 135 Å². The van der Waals surface area contributed by atoms with Gasteiger partial charge < -0.3 is 10.4 Å². The van der Waals surface area contributed by atoms with Crippen LogP contribution in [0.1, 0.15) is 29.5 Å². The highest BCUT2D eigenvalue weighted by Crippen LogP contribution is 2.48. The van der Waals surface area contributed by atoms with Gasteiger partial charge in [-0.2, -0.15) is 0 Å². The van der Waals surface area contributed by atoms with Gasteiger partial charge in [0.25, 0.3) is 0 Å². The van der Waals surface area contributed by atoms with Gasteiger partial charge >= 0.3 is 0 Å². The lowest BCUT2D eigenvalue weighted by atomic mass is 9.95. The lowest BCUT2D eigenvalue weighted by Crippen LogP contribution is -2.33. The molecule has 0 spiro atoms. The SMILES string of the molecule is O=C(NCc1ccc(F)c(CO)c1)C1(Cc2ccccc2)CC1. The van der Waals surface area contributed by atoms with Crippen molar-refractivity contribution in [2.45, 2.75) is 32.4 Å². The van der Waals surface area contributed by atoms with E-state index in [9.17, 15) is 9.18 Å². The van der Waals surface area contributed by atoms with Crippen LogP contribution in [0.2, 0.25) is 0 Å². The zero-order valence-electron chi connectivity index (χ0n) is 12.9. The molecule has 0 aliphatic heterocycles. The minimum absolute atomic E-state index is 0.0521. The second-order valence-electron chi connectivity index (χ2n) is 6.21. The Bertz CT molecular complexity index is 696. The van der Waals surface area contributed by atoms with Crippen molar-refractivity contribution < 1.29 is 14.3 Å². The molecule has 0 radical (unpaired) electrons. The van der Waals surface area contributed by atoms with Crippen LogP contribution in [0.3, 0.4) is 0 Å². The number of halogens is 1. The molecule has 0 atom stereocenters. The molecule has 2 aromatic rings. The van der Waals surface area contributed by atoms with E-state index in [-0.39, 0.29) is 23.5 Å². The van der Waals surface area contributed by atoms with Gasteiger partial charge in [0.2, 0.25) is 5.91 Å². The maximum absolute atomic E-state index is 13.4. The number of nitrogens with one attached hydrogen (secondary N) is 1. The molecule has 1 fully saturated rings. The molecule has 2 aromatic carbocycles. The Kier molecular flexibility index (Phi) is 4.44. The summed E-state index contributed by atoms with van der Waals surface area (Å²) >= 11 is 0. The monoisotopic (exact) mass is 313 g/mol. The summed E-state index contributed by atoms with van der Waals surface area (Å²) in [6, 6.07) is 14.6. The van der Waals surface area contributed by atoms with Gasteiger partial charge in [-0.05, 0) is 42.5 Å². The predicted octanol–water partition coefficient (Wildman–Crippen LogP) is 2.96. The summed E-state index contributed by atoms with van der Waals surface area (Å²) in [6.07, 6.45) is 2.56. The second-order valence-corrected chi connectivity index (χ2v) is 6.21. The standard InChI is InChI=1S/C19H20FNO2/c20-17-7-6-15(10-16(17)13-22)12-21-18(23)19(8-9-19)11-14-4-2-1-3-5-14/h1-7,10,22H,8-9,11-13H2,(H,21,23). The highest BCUT2D eigenvalue weighted by atomic mass is 19.1. The van der Waals surface area contributed by atoms with Crippen molar-refractivity contribution in [3.05, 3.63) is 71.0 Å². The molecule has 1 aliphatic rings. The first-order valence-corrected chi connectivity index (χ1v) is 7.83. The first kappa shape index (κ1) is 15.7. The van der Waals surface area contributed by atoms with Gasteiger partial charge in [0.15, 0.2) is 0 Å². The van der Waals surface area contributed by atoms with Crippen molar-refractivity contribution in [3.63, 3.8) is 0 Å². The molecule has 1 amide bonds. The van der Waals surface area contributed by atoms with E-state index < -0.39 is 5.82 Å². The van der Waals surface area contributed by atoms with Crippen molar-refractivity contribution in [2.24, 2.45) is 5.41 Å². The van der Waals surface area contributed by atoms with E-state index in [2.05, 4.69) is 5.32 Å². The Balaban J connectivity index is 1.61. The van der Waals surface area contributed by atoms with Gasteiger partial charge in [0.05, 0.1) is 12.0 Å². The Morgan fingerprint density at radius 2 is 1.87 bits per heavy atom. The van der Waals surface area contributed by atoms with E-state index >= 15 is 0 Å². The maximum Gasteiger partial charge on any atom is 0.226 e. The van der Waals surface area contributed by atoms with Crippen LogP contribution in [0, 0.1) is 11.2 Å². The summed E-state index contributed by atoms with van der Waals surface area (Å²) in [7, 11) is 0. The van der Waals surface area contributed by atoms with Crippen molar-refractivity contribution in [1.82, 2.24) is 5.32 Å². The summed E-state index contributed by atoms with van der Waals surface area (Å²) in [5.41, 5.74) is 1.92. The number of aliphatic hydroxyl groups is 1. The van der Waals surface area contributed by atoms with Gasteiger partial charge in [-0.15, -0.1) is 0 Å². The summed E-state index contributed by atoms with van der Waals surface area (Å²) in [5, 5.41) is 12.0. The van der Waals surface area contributed by atoms with Crippen LogP contribution in [0.5, 0.6) is 0 Å². The third kappa shape index (κ3) is 3.59. The molecule has 0 bridgehead atoms. The molecular weight excluding hydrogens is 293 g/mol. The van der Waals surface area contributed by atoms with Crippen LogP contribution in [0.4, 0.5) is 4.39 Å². The highest BCUT2D eigenvalue weighted by molar-refractivity contribution is 5.85. The van der Waals surface area contributed by atoms with E-state index in [1.807, 2.05) is 30.3 Å². The van der Waals surface area contributed by atoms with Gasteiger partial charge in [-0.1, -0.05) is 36.4 Å². The van der Waals surface area contributed by atoms with Crippen molar-refractivity contribution in [2.75, 3.05) is 0 Å². The average molecular weight is 313 g/mol. The number of rotatable bonds is 6. The number of carbonyl (C=O) groups is 1. The van der Waals surface area contributed by atoms with Crippen molar-refractivity contribution >= 4 is 5.91 Å². The molecule has 0 aromatic heterocycles. The van der Waals surface area contributed by atoms with Crippen LogP contribution < -0.4 is 5.32 Å². The minimum Gasteiger partial charge on any atom is -0.392 e. The van der Waals surface area contributed by atoms with Crippen LogP contribution in [0.15, 0.2) is 48.5 Å². The molecule has 23 heavy (non-hydrogen) atoms. The number of carbonyl (C=O) groups excluding carboxylic acids is 1. The van der Waals surface area contributed by atoms with Crippen LogP contribution in [-0.2, 0) is 24.4 Å². The number of aliphatic hydroxyl groups excluding tert-OH is 1. The Morgan fingerprint density at radius 1 is 1.13 bits per heavy atom. The fourth-order valence-electron chi connectivity index (χ4n) is 2.85. The van der Waals surface area contributed by atoms with E-state index in [0.29, 0.717) is 6.54 Å². The topological polar surface area (TPSA) is 49.3 Å². The highest BCUT2D eigenvalue weighted by Gasteiger charge is 2.49. The third-order valence-corrected chi connectivity index (χ3v) is 4.45. The lowest BCUT2D eigenvalue weighted by molar-refractivity contribution is -0.126. The molecular formula is C19H20FNO2. The molecule has 1 aliphatic carbocycles. The van der Waals surface area contributed by atoms with Gasteiger partial charge in [-0.25, -0.2) is 4.39 Å². The quantitative estimate of drug-likeness (QED) is 0.861. The molecule has 3 nitrogen and oxygen atoms in total. The smallest absolute Gasteiger partial charge is 0.226 e. The molecule has 120 valence electrons. The zero-order chi connectivity index (χ0) is 16.3. The molecule has 4 heteroatoms. The molecule has 2 N–H and O–H groups in total. The molecule has 0 unspecified atom stereocenters. The number of hydrogen-bond donors (Lipinski definition) is 2. The van der Waals surface area contributed by atoms with Crippen LogP contribution >= 0.6 is 0 Å². The fourth-order valence-corrected chi connectivity index (χ4v) is 2.85. The van der Waals surface area contributed by atoms with Gasteiger partial charge in [-0.3, -0.25) is 4.79 Å². The first-order chi connectivity index (χ1) is 11.1. The van der Waals surface area contributed by atoms with E-state index in [1.165, 1.54) is 11.6 Å². The van der Waals surface area contributed by atoms with Crippen LogP contribution in [-0.4, -0.2) is 11.0 Å². The summed E-state index contributed by atoms with van der Waals surface area (Å²) < 4.78 is 13.4. The summed E-state index contributed by atoms with van der Waals surface area (Å²) in [4.78, 5) is 12.5. The summed E-state index contributed by atoms with van der Waals surface area (Å²) in [6.45, 7) is 0.00815. The average Bonchev–Trinajstić information content (AvgIpc) is 3.35. The second kappa shape index (κ2) is 6.50. The number of hydrogen-bond acceptors (Lipinski definition) is 2. The van der Waals surface area contributed by atoms with E-state index in [1.54, 1.807) is 12.1 Å². The Morgan fingerprint density at radius 3 is 2.52 bits per heavy atom. The zero-order valence-corrected chi connectivity index (χ0v) is 12.9. The number of amides is 1. The molecule has 0 heterocycles. The maximum atomic E-state index is 13.4. The predicted molar refractivity (Wildman–Crippen MR) is 86.0 cm³/mol. The normalized spacial score (nSPS) is 15.2. The third-order valence-electron chi connectivity index (χ3n) is 4.45.